The third-order valence-corrected chi connectivity index (χ3v) is 12.2. The quantitative estimate of drug-likeness (QED) is 0.409. The minimum absolute atomic E-state index is 0.0374. The third-order valence-electron chi connectivity index (χ3n) is 12.2. The van der Waals surface area contributed by atoms with Crippen LogP contribution in [0.5, 0.6) is 0 Å². The highest BCUT2D eigenvalue weighted by atomic mass is 16.7. The van der Waals surface area contributed by atoms with Gasteiger partial charge in [0, 0.05) is 39.3 Å². The maximum absolute atomic E-state index is 13.6. The van der Waals surface area contributed by atoms with Crippen molar-refractivity contribution in [3.63, 3.8) is 0 Å². The Morgan fingerprint density at radius 3 is 2.37 bits per heavy atom. The topological polar surface area (TPSA) is 140 Å². The van der Waals surface area contributed by atoms with Crippen molar-refractivity contribution < 1.29 is 44.2 Å². The number of methoxy groups -OCH3 is 2. The summed E-state index contributed by atoms with van der Waals surface area (Å²) in [6.07, 6.45) is -0.213. The van der Waals surface area contributed by atoms with Crippen molar-refractivity contribution in [1.29, 1.82) is 0 Å². The van der Waals surface area contributed by atoms with Gasteiger partial charge >= 0.3 is 5.97 Å². The molecule has 1 spiro atoms. The summed E-state index contributed by atoms with van der Waals surface area (Å²) in [7, 11) is 4.63. The van der Waals surface area contributed by atoms with E-state index in [0.717, 1.165) is 0 Å². The molecule has 1 aromatic heterocycles. The standard InChI is InChI=1S/C28H41NO9/c1-15(2)25(32)20(37-19(31)17-10-9-13-29(17)6)26(33)21(4)14-24(36-8)22(25,5)28(26,34)27(38-24)18(30)16(3)11-12-23(21,27)35-7/h9-10,13,15-16,18,20,30,32-34H,11-12,14H2,1-8H3/t16-,18+,20+,21-,22-,23-,24-,25+,26+,27+,28+/m0/s1. The maximum atomic E-state index is 13.6. The molecule has 10 nitrogen and oxygen atoms in total. The summed E-state index contributed by atoms with van der Waals surface area (Å²) in [6.45, 7) is 8.77. The van der Waals surface area contributed by atoms with Gasteiger partial charge in [-0.1, -0.05) is 27.7 Å². The zero-order chi connectivity index (χ0) is 28.1. The second kappa shape index (κ2) is 7.02. The van der Waals surface area contributed by atoms with Crippen molar-refractivity contribution >= 4 is 5.97 Å². The van der Waals surface area contributed by atoms with Gasteiger partial charge in [-0.2, -0.15) is 0 Å². The van der Waals surface area contributed by atoms with Crippen LogP contribution in [0.3, 0.4) is 0 Å². The van der Waals surface area contributed by atoms with E-state index in [0.29, 0.717) is 12.8 Å². The monoisotopic (exact) mass is 535 g/mol. The Hall–Kier alpha value is -1.53. The summed E-state index contributed by atoms with van der Waals surface area (Å²) in [6, 6.07) is 3.29. The van der Waals surface area contributed by atoms with Crippen LogP contribution in [0.4, 0.5) is 0 Å². The summed E-state index contributed by atoms with van der Waals surface area (Å²) in [4.78, 5) is 13.6. The van der Waals surface area contributed by atoms with Gasteiger partial charge in [-0.15, -0.1) is 0 Å². The van der Waals surface area contributed by atoms with Crippen LogP contribution in [-0.2, 0) is 26.0 Å². The van der Waals surface area contributed by atoms with Crippen molar-refractivity contribution in [3.8, 4) is 0 Å². The number of rotatable bonds is 5. The van der Waals surface area contributed by atoms with Crippen LogP contribution < -0.4 is 0 Å². The molecule has 10 heteroatoms. The van der Waals surface area contributed by atoms with Crippen molar-refractivity contribution in [2.75, 3.05) is 14.2 Å². The molecule has 4 N–H and O–H groups in total. The number of carbonyl (C=O) groups excluding carboxylic acids is 1. The average Bonchev–Trinajstić information content (AvgIpc) is 3.41. The lowest BCUT2D eigenvalue weighted by Gasteiger charge is -2.62. The summed E-state index contributed by atoms with van der Waals surface area (Å²) >= 11 is 0. The summed E-state index contributed by atoms with van der Waals surface area (Å²) < 4.78 is 27.0. The average molecular weight is 536 g/mol. The van der Waals surface area contributed by atoms with Gasteiger partial charge < -0.3 is 43.9 Å². The van der Waals surface area contributed by atoms with Gasteiger partial charge in [0.1, 0.15) is 28.1 Å². The highest BCUT2D eigenvalue weighted by Gasteiger charge is 3.10. The van der Waals surface area contributed by atoms with Gasteiger partial charge in [0.05, 0.1) is 11.5 Å². The molecule has 6 fully saturated rings. The molecule has 0 aromatic carbocycles. The normalized spacial score (nSPS) is 56.1. The zero-order valence-electron chi connectivity index (χ0n) is 23.4. The van der Waals surface area contributed by atoms with Crippen LogP contribution in [-0.4, -0.2) is 91.2 Å². The predicted octanol–water partition coefficient (Wildman–Crippen LogP) is 1.13. The largest absolute Gasteiger partial charge is 0.451 e. The van der Waals surface area contributed by atoms with Crippen molar-refractivity contribution in [2.45, 2.75) is 99.9 Å². The molecule has 3 heterocycles. The summed E-state index contributed by atoms with van der Waals surface area (Å²) in [5.74, 6) is -3.34. The molecule has 1 aromatic rings. The molecule has 212 valence electrons. The van der Waals surface area contributed by atoms with Crippen molar-refractivity contribution in [2.24, 2.45) is 29.7 Å². The molecule has 38 heavy (non-hydrogen) atoms. The van der Waals surface area contributed by atoms with E-state index < -0.39 is 68.7 Å². The molecule has 0 amide bonds. The molecule has 7 rings (SSSR count). The zero-order valence-corrected chi connectivity index (χ0v) is 23.4. The number of ether oxygens (including phenoxy) is 4. The molecule has 6 aliphatic rings. The van der Waals surface area contributed by atoms with Gasteiger partial charge in [-0.05, 0) is 43.7 Å². The first-order valence-electron chi connectivity index (χ1n) is 13.5. The predicted molar refractivity (Wildman–Crippen MR) is 133 cm³/mol. The fourth-order valence-electron chi connectivity index (χ4n) is 10.5. The molecule has 0 unspecified atom stereocenters. The summed E-state index contributed by atoms with van der Waals surface area (Å²) in [5, 5.41) is 51.3. The van der Waals surface area contributed by atoms with Crippen molar-refractivity contribution in [1.82, 2.24) is 4.57 Å². The number of nitrogens with zero attached hydrogens (tertiary/aromatic N) is 1. The highest BCUT2D eigenvalue weighted by Crippen LogP contribution is 2.91. The van der Waals surface area contributed by atoms with E-state index in [1.54, 1.807) is 57.6 Å². The molecule has 2 aliphatic heterocycles. The van der Waals surface area contributed by atoms with E-state index in [4.69, 9.17) is 18.9 Å². The number of hydrogen-bond donors (Lipinski definition) is 4. The van der Waals surface area contributed by atoms with Crippen LogP contribution in [0.2, 0.25) is 0 Å². The Morgan fingerprint density at radius 2 is 1.84 bits per heavy atom. The van der Waals surface area contributed by atoms with Crippen LogP contribution in [0.1, 0.15) is 64.4 Å². The maximum Gasteiger partial charge on any atom is 0.355 e. The van der Waals surface area contributed by atoms with E-state index in [2.05, 4.69) is 0 Å². The third kappa shape index (κ3) is 1.96. The van der Waals surface area contributed by atoms with Crippen LogP contribution in [0.25, 0.3) is 0 Å². The van der Waals surface area contributed by atoms with E-state index in [1.165, 1.54) is 14.2 Å². The molecule has 4 saturated carbocycles. The summed E-state index contributed by atoms with van der Waals surface area (Å²) in [5.41, 5.74) is -12.8. The van der Waals surface area contributed by atoms with Crippen molar-refractivity contribution in [3.05, 3.63) is 24.0 Å². The molecule has 11 atom stereocenters. The second-order valence-corrected chi connectivity index (χ2v) is 13.2. The molecule has 0 radical (unpaired) electrons. The lowest BCUT2D eigenvalue weighted by atomic mass is 9.52. The van der Waals surface area contributed by atoms with Gasteiger partial charge in [0.2, 0.25) is 0 Å². The van der Waals surface area contributed by atoms with Crippen LogP contribution >= 0.6 is 0 Å². The number of aliphatic hydroxyl groups is 4. The number of esters is 1. The first-order valence-corrected chi connectivity index (χ1v) is 13.5. The van der Waals surface area contributed by atoms with E-state index >= 15 is 0 Å². The minimum Gasteiger partial charge on any atom is -0.451 e. The first kappa shape index (κ1) is 26.7. The van der Waals surface area contributed by atoms with E-state index in [-0.39, 0.29) is 18.0 Å². The van der Waals surface area contributed by atoms with Gasteiger partial charge in [0.25, 0.3) is 0 Å². The second-order valence-electron chi connectivity index (χ2n) is 13.2. The Labute approximate surface area is 222 Å². The Morgan fingerprint density at radius 1 is 1.18 bits per heavy atom. The van der Waals surface area contributed by atoms with E-state index in [9.17, 15) is 25.2 Å². The highest BCUT2D eigenvalue weighted by molar-refractivity contribution is 5.88. The Balaban J connectivity index is 1.71. The van der Waals surface area contributed by atoms with Gasteiger partial charge in [-0.3, -0.25) is 0 Å². The number of carbonyl (C=O) groups is 1. The van der Waals surface area contributed by atoms with Gasteiger partial charge in [0.15, 0.2) is 17.5 Å². The van der Waals surface area contributed by atoms with Crippen LogP contribution in [0, 0.1) is 22.7 Å². The first-order chi connectivity index (χ1) is 17.5. The number of aromatic nitrogens is 1. The fourth-order valence-corrected chi connectivity index (χ4v) is 10.5. The molecule has 6 bridgehead atoms. The molecular weight excluding hydrogens is 494 g/mol. The Kier molecular flexibility index (Phi) is 4.93. The lowest BCUT2D eigenvalue weighted by Crippen LogP contribution is -2.75. The van der Waals surface area contributed by atoms with E-state index in [1.807, 2.05) is 6.92 Å². The smallest absolute Gasteiger partial charge is 0.355 e. The lowest BCUT2D eigenvalue weighted by molar-refractivity contribution is -0.399. The SMILES string of the molecule is CO[C@@]12C[C@@]3(C)[C@@]4(OC)CC[C@H](C)[C@@H](O)[C@]4(O1)[C@]1(O)[C@@]3(O)[C@H](OC(=O)c3cccn3C)[C@](O)(C(C)C)[C@]21C. The molecule has 4 aliphatic carbocycles. The minimum atomic E-state index is -2.34. The number of aliphatic hydroxyl groups excluding tert-OH is 1. The van der Waals surface area contributed by atoms with Gasteiger partial charge in [-0.25, -0.2) is 4.79 Å². The number of aryl methyl sites for hydroxylation is 1. The number of hydrogen-bond acceptors (Lipinski definition) is 9. The fraction of sp³-hybridized carbons (Fsp3) is 0.821. The van der Waals surface area contributed by atoms with Crippen LogP contribution in [0.15, 0.2) is 18.3 Å². The molecular formula is C28H41NO9. The molecule has 2 saturated heterocycles. The Bertz CT molecular complexity index is 1220.